The van der Waals surface area contributed by atoms with Gasteiger partial charge in [-0.2, -0.15) is 8.73 Å². The van der Waals surface area contributed by atoms with Gasteiger partial charge in [0, 0.05) is 11.4 Å². The van der Waals surface area contributed by atoms with Gasteiger partial charge in [-0.3, -0.25) is 0 Å². The van der Waals surface area contributed by atoms with Crippen LogP contribution >= 0.6 is 15.9 Å². The van der Waals surface area contributed by atoms with Crippen molar-refractivity contribution in [2.24, 2.45) is 14.1 Å². The van der Waals surface area contributed by atoms with Gasteiger partial charge in [0.25, 0.3) is 0 Å². The van der Waals surface area contributed by atoms with Crippen LogP contribution in [0.5, 0.6) is 0 Å². The van der Waals surface area contributed by atoms with E-state index in [1.165, 1.54) is 0 Å². The number of halogens is 1. The Hall–Kier alpha value is -0.570. The molecule has 1 aliphatic heterocycles. The average molecular weight is 392 g/mol. The van der Waals surface area contributed by atoms with Gasteiger partial charge in [0.1, 0.15) is 16.3 Å². The summed E-state index contributed by atoms with van der Waals surface area (Å²) in [5.74, 6) is 0. The first kappa shape index (κ1) is 16.8. The average Bonchev–Trinajstić information content (AvgIpc) is 2.82. The number of rotatable bonds is 5. The van der Waals surface area contributed by atoms with Gasteiger partial charge in [0.2, 0.25) is 10.0 Å². The summed E-state index contributed by atoms with van der Waals surface area (Å²) in [4.78, 5) is 0.268. The Morgan fingerprint density at radius 3 is 2.71 bits per heavy atom. The molecule has 2 rings (SSSR count). The summed E-state index contributed by atoms with van der Waals surface area (Å²) in [6.45, 7) is 6.71. The first-order valence-electron chi connectivity index (χ1n) is 6.54. The SMILES string of the molecule is CC(C)(C)CC(Br)CNS(=O)(=O)c1cccc2c1N=S=N2. The summed E-state index contributed by atoms with van der Waals surface area (Å²) in [5.41, 5.74) is 1.17. The molecule has 1 N–H and O–H groups in total. The van der Waals surface area contributed by atoms with Crippen molar-refractivity contribution >= 4 is 48.7 Å². The molecule has 1 aromatic carbocycles. The standard InChI is InChI=1S/C13H18BrN3O2S2/c1-13(2,3)7-9(14)8-15-21(18,19)11-6-4-5-10-12(11)17-20-16-10/h4-6,9,15H,7-8H2,1-3H3. The maximum Gasteiger partial charge on any atom is 0.242 e. The zero-order chi connectivity index (χ0) is 15.7. The molecular weight excluding hydrogens is 374 g/mol. The molecule has 0 radical (unpaired) electrons. The second-order valence-electron chi connectivity index (χ2n) is 6.10. The molecule has 1 heterocycles. The van der Waals surface area contributed by atoms with Gasteiger partial charge in [-0.05, 0) is 24.0 Å². The van der Waals surface area contributed by atoms with Gasteiger partial charge in [-0.1, -0.05) is 42.8 Å². The first-order chi connectivity index (χ1) is 9.69. The van der Waals surface area contributed by atoms with Gasteiger partial charge >= 0.3 is 0 Å². The highest BCUT2D eigenvalue weighted by Crippen LogP contribution is 2.37. The van der Waals surface area contributed by atoms with E-state index in [-0.39, 0.29) is 15.1 Å². The van der Waals surface area contributed by atoms with Gasteiger partial charge in [0.15, 0.2) is 0 Å². The van der Waals surface area contributed by atoms with Crippen LogP contribution in [0.15, 0.2) is 31.8 Å². The van der Waals surface area contributed by atoms with Gasteiger partial charge in [-0.25, -0.2) is 13.1 Å². The second-order valence-corrected chi connectivity index (χ2v) is 9.66. The topological polar surface area (TPSA) is 70.9 Å². The van der Waals surface area contributed by atoms with E-state index in [2.05, 4.69) is 50.1 Å². The van der Waals surface area contributed by atoms with Gasteiger partial charge in [0.05, 0.1) is 11.4 Å². The lowest BCUT2D eigenvalue weighted by atomic mass is 9.91. The minimum atomic E-state index is -3.58. The zero-order valence-corrected chi connectivity index (χ0v) is 15.3. The highest BCUT2D eigenvalue weighted by Gasteiger charge is 2.24. The van der Waals surface area contributed by atoms with Crippen molar-refractivity contribution in [2.45, 2.75) is 36.9 Å². The molecule has 0 bridgehead atoms. The third-order valence-electron chi connectivity index (χ3n) is 2.87. The van der Waals surface area contributed by atoms with E-state index in [1.807, 2.05) is 0 Å². The van der Waals surface area contributed by atoms with Gasteiger partial charge < -0.3 is 0 Å². The smallest absolute Gasteiger partial charge is 0.210 e. The lowest BCUT2D eigenvalue weighted by molar-refractivity contribution is 0.373. The van der Waals surface area contributed by atoms with E-state index in [4.69, 9.17) is 0 Å². The minimum Gasteiger partial charge on any atom is -0.210 e. The van der Waals surface area contributed by atoms with Crippen molar-refractivity contribution in [3.63, 3.8) is 0 Å². The molecule has 21 heavy (non-hydrogen) atoms. The summed E-state index contributed by atoms with van der Waals surface area (Å²) in [6.07, 6.45) is 0.873. The zero-order valence-electron chi connectivity index (χ0n) is 12.1. The van der Waals surface area contributed by atoms with Crippen LogP contribution in [-0.4, -0.2) is 19.8 Å². The number of hydrogen-bond acceptors (Lipinski definition) is 4. The highest BCUT2D eigenvalue weighted by molar-refractivity contribution is 9.09. The maximum absolute atomic E-state index is 12.4. The third-order valence-corrected chi connectivity index (χ3v) is 5.51. The van der Waals surface area contributed by atoms with Crippen LogP contribution in [0.3, 0.4) is 0 Å². The minimum absolute atomic E-state index is 0.0834. The van der Waals surface area contributed by atoms with Crippen molar-refractivity contribution in [3.05, 3.63) is 18.2 Å². The Balaban J connectivity index is 2.10. The van der Waals surface area contributed by atoms with E-state index in [1.54, 1.807) is 18.2 Å². The van der Waals surface area contributed by atoms with Crippen LogP contribution < -0.4 is 4.72 Å². The normalized spacial score (nSPS) is 15.6. The summed E-state index contributed by atoms with van der Waals surface area (Å²) in [5, 5.41) is 0. The summed E-state index contributed by atoms with van der Waals surface area (Å²) in [7, 11) is -3.58. The number of benzene rings is 1. The molecule has 1 atom stereocenters. The van der Waals surface area contributed by atoms with Crippen molar-refractivity contribution in [1.29, 1.82) is 0 Å². The van der Waals surface area contributed by atoms with Crippen molar-refractivity contribution in [2.75, 3.05) is 6.54 Å². The molecule has 0 spiro atoms. The van der Waals surface area contributed by atoms with E-state index in [0.717, 1.165) is 17.8 Å². The first-order valence-corrected chi connectivity index (χ1v) is 9.67. The molecule has 0 aromatic heterocycles. The number of hydrogen-bond donors (Lipinski definition) is 1. The van der Waals surface area contributed by atoms with Crippen LogP contribution in [0.2, 0.25) is 0 Å². The molecule has 116 valence electrons. The molecule has 8 heteroatoms. The molecule has 0 aliphatic carbocycles. The third kappa shape index (κ3) is 4.45. The number of alkyl halides is 1. The van der Waals surface area contributed by atoms with E-state index in [9.17, 15) is 8.42 Å². The number of sulfonamides is 1. The largest absolute Gasteiger partial charge is 0.242 e. The summed E-state index contributed by atoms with van der Waals surface area (Å²) < 4.78 is 35.6. The predicted molar refractivity (Wildman–Crippen MR) is 90.0 cm³/mol. The predicted octanol–water partition coefficient (Wildman–Crippen LogP) is 3.89. The Morgan fingerprint density at radius 1 is 1.33 bits per heavy atom. The fraction of sp³-hybridized carbons (Fsp3) is 0.538. The molecule has 0 saturated carbocycles. The van der Waals surface area contributed by atoms with Crippen LogP contribution in [0.25, 0.3) is 0 Å². The molecule has 1 aliphatic rings. The molecule has 1 aromatic rings. The van der Waals surface area contributed by atoms with E-state index in [0.29, 0.717) is 17.9 Å². The molecule has 1 unspecified atom stereocenters. The van der Waals surface area contributed by atoms with Crippen molar-refractivity contribution in [3.8, 4) is 0 Å². The number of nitrogens with one attached hydrogen (secondary N) is 1. The monoisotopic (exact) mass is 391 g/mol. The summed E-state index contributed by atoms with van der Waals surface area (Å²) in [6, 6.07) is 4.99. The second kappa shape index (κ2) is 6.28. The Bertz CT molecular complexity index is 705. The lowest BCUT2D eigenvalue weighted by Crippen LogP contribution is -2.31. The quantitative estimate of drug-likeness (QED) is 0.785. The fourth-order valence-electron chi connectivity index (χ4n) is 2.01. The maximum atomic E-state index is 12.4. The number of fused-ring (bicyclic) bond motifs is 1. The fourth-order valence-corrected chi connectivity index (χ4v) is 5.21. The Morgan fingerprint density at radius 2 is 2.05 bits per heavy atom. The molecule has 5 nitrogen and oxygen atoms in total. The van der Waals surface area contributed by atoms with Crippen LogP contribution in [0, 0.1) is 5.41 Å². The number of nitrogens with zero attached hydrogens (tertiary/aromatic N) is 2. The van der Waals surface area contributed by atoms with Gasteiger partial charge in [-0.15, -0.1) is 0 Å². The van der Waals surface area contributed by atoms with Crippen molar-refractivity contribution < 1.29 is 8.42 Å². The molecule has 0 fully saturated rings. The Kier molecular flexibility index (Phi) is 5.02. The Labute approximate surface area is 137 Å². The van der Waals surface area contributed by atoms with Crippen LogP contribution in [-0.2, 0) is 21.4 Å². The van der Waals surface area contributed by atoms with Crippen LogP contribution in [0.4, 0.5) is 11.4 Å². The van der Waals surface area contributed by atoms with Crippen LogP contribution in [0.1, 0.15) is 27.2 Å². The molecular formula is C13H18BrN3O2S2. The lowest BCUT2D eigenvalue weighted by Gasteiger charge is -2.22. The molecule has 0 saturated heterocycles. The summed E-state index contributed by atoms with van der Waals surface area (Å²) >= 11 is 4.54. The van der Waals surface area contributed by atoms with E-state index < -0.39 is 10.0 Å². The molecule has 0 amide bonds. The highest BCUT2D eigenvalue weighted by atomic mass is 79.9. The van der Waals surface area contributed by atoms with Crippen molar-refractivity contribution in [1.82, 2.24) is 4.72 Å². The van der Waals surface area contributed by atoms with E-state index >= 15 is 0 Å².